The number of halogens is 1. The summed E-state index contributed by atoms with van der Waals surface area (Å²) < 4.78 is 0. The average Bonchev–Trinajstić information content (AvgIpc) is 3.19. The van der Waals surface area contributed by atoms with E-state index in [1.165, 1.54) is 32.4 Å². The second-order valence-corrected chi connectivity index (χ2v) is 10.7. The zero-order valence-corrected chi connectivity index (χ0v) is 21.9. The number of rotatable bonds is 11. The molecule has 2 aliphatic rings. The highest BCUT2D eigenvalue weighted by atomic mass is 35.5. The smallest absolute Gasteiger partial charge is 0.243 e. The van der Waals surface area contributed by atoms with Gasteiger partial charge in [-0.2, -0.15) is 0 Å². The van der Waals surface area contributed by atoms with Gasteiger partial charge in [-0.3, -0.25) is 9.59 Å². The van der Waals surface area contributed by atoms with Crippen LogP contribution in [0.5, 0.6) is 0 Å². The van der Waals surface area contributed by atoms with Crippen LogP contribution in [0.1, 0.15) is 64.4 Å². The molecule has 0 saturated carbocycles. The minimum atomic E-state index is -0.383. The molecule has 4 rings (SSSR count). The zero-order chi connectivity index (χ0) is 24.8. The number of hydrogen-bond acceptors (Lipinski definition) is 4. The van der Waals surface area contributed by atoms with E-state index in [-0.39, 0.29) is 29.9 Å². The van der Waals surface area contributed by atoms with Crippen molar-refractivity contribution >= 4 is 34.3 Å². The summed E-state index contributed by atoms with van der Waals surface area (Å²) in [6.45, 7) is 8.75. The number of benzene rings is 1. The van der Waals surface area contributed by atoms with Gasteiger partial charge in [-0.15, -0.1) is 0 Å². The van der Waals surface area contributed by atoms with Crippen molar-refractivity contribution in [2.75, 3.05) is 26.2 Å². The largest absolute Gasteiger partial charge is 0.360 e. The number of nitrogens with zero attached hydrogens (tertiary/aromatic N) is 2. The van der Waals surface area contributed by atoms with Gasteiger partial charge in [0, 0.05) is 36.2 Å². The van der Waals surface area contributed by atoms with Crippen LogP contribution in [0.4, 0.5) is 0 Å². The fraction of sp³-hybridized carbons (Fsp3) is 0.630. The molecule has 3 heterocycles. The SMILES string of the molecule is CC(C)N[C@H](CCCCN1CCCCC1)C(=O)N1CC[C@H]1C(=O)NCc1ccc2[nH]cc(Cl)c2c1. The molecule has 0 spiro atoms. The first-order valence-corrected chi connectivity index (χ1v) is 13.6. The fourth-order valence-corrected chi connectivity index (χ4v) is 5.43. The van der Waals surface area contributed by atoms with Gasteiger partial charge in [0.2, 0.25) is 11.8 Å². The predicted octanol–water partition coefficient (Wildman–Crippen LogP) is 4.06. The summed E-state index contributed by atoms with van der Waals surface area (Å²) in [6, 6.07) is 5.54. The highest BCUT2D eigenvalue weighted by Gasteiger charge is 2.40. The van der Waals surface area contributed by atoms with Crippen LogP contribution in [0.3, 0.4) is 0 Å². The number of likely N-dealkylation sites (tertiary alicyclic amines) is 2. The Morgan fingerprint density at radius 2 is 1.94 bits per heavy atom. The van der Waals surface area contributed by atoms with E-state index < -0.39 is 0 Å². The van der Waals surface area contributed by atoms with E-state index in [1.54, 1.807) is 11.1 Å². The molecular weight excluding hydrogens is 462 g/mol. The van der Waals surface area contributed by atoms with E-state index in [1.807, 2.05) is 18.2 Å². The number of piperidine rings is 1. The van der Waals surface area contributed by atoms with Crippen LogP contribution in [0.2, 0.25) is 5.02 Å². The first-order valence-electron chi connectivity index (χ1n) is 13.2. The molecule has 0 aliphatic carbocycles. The lowest BCUT2D eigenvalue weighted by atomic mass is 9.98. The minimum Gasteiger partial charge on any atom is -0.360 e. The standard InChI is InChI=1S/C27H40ClN5O2/c1-19(2)31-24(8-4-7-14-32-12-5-3-6-13-32)27(35)33-15-11-25(33)26(34)30-17-20-9-10-23-21(16-20)22(28)18-29-23/h9-10,16,18-19,24-25,29,31H,3-8,11-15,17H2,1-2H3,(H,30,34)/t24-,25+/m1/s1. The Bertz CT molecular complexity index is 1000. The molecule has 0 radical (unpaired) electrons. The van der Waals surface area contributed by atoms with Crippen molar-refractivity contribution in [1.29, 1.82) is 0 Å². The van der Waals surface area contributed by atoms with E-state index in [4.69, 9.17) is 11.6 Å². The van der Waals surface area contributed by atoms with Crippen molar-refractivity contribution in [2.45, 2.75) is 83.5 Å². The fourth-order valence-electron chi connectivity index (χ4n) is 5.22. The number of hydrogen-bond donors (Lipinski definition) is 3. The van der Waals surface area contributed by atoms with Crippen LogP contribution < -0.4 is 10.6 Å². The summed E-state index contributed by atoms with van der Waals surface area (Å²) in [4.78, 5) is 33.7. The van der Waals surface area contributed by atoms with Gasteiger partial charge in [0.15, 0.2) is 0 Å². The maximum atomic E-state index is 13.4. The molecule has 35 heavy (non-hydrogen) atoms. The minimum absolute atomic E-state index is 0.0589. The first-order chi connectivity index (χ1) is 16.9. The molecule has 7 nitrogen and oxygen atoms in total. The summed E-state index contributed by atoms with van der Waals surface area (Å²) in [7, 11) is 0. The molecule has 2 amide bonds. The van der Waals surface area contributed by atoms with Crippen LogP contribution in [0.25, 0.3) is 10.9 Å². The number of aromatic nitrogens is 1. The van der Waals surface area contributed by atoms with Gasteiger partial charge < -0.3 is 25.4 Å². The van der Waals surface area contributed by atoms with Gasteiger partial charge in [0.25, 0.3) is 0 Å². The van der Waals surface area contributed by atoms with Crippen LogP contribution in [-0.4, -0.2) is 70.9 Å². The highest BCUT2D eigenvalue weighted by molar-refractivity contribution is 6.35. The van der Waals surface area contributed by atoms with Crippen LogP contribution in [-0.2, 0) is 16.1 Å². The third kappa shape index (κ3) is 6.78. The quantitative estimate of drug-likeness (QED) is 0.405. The lowest BCUT2D eigenvalue weighted by molar-refractivity contribution is -0.149. The van der Waals surface area contributed by atoms with Crippen LogP contribution in [0.15, 0.2) is 24.4 Å². The normalized spacial score (nSPS) is 19.7. The van der Waals surface area contributed by atoms with E-state index in [0.717, 1.165) is 42.3 Å². The molecule has 2 atom stereocenters. The van der Waals surface area contributed by atoms with Crippen LogP contribution in [0, 0.1) is 0 Å². The number of H-pyrrole nitrogens is 1. The number of fused-ring (bicyclic) bond motifs is 1. The molecule has 3 N–H and O–H groups in total. The highest BCUT2D eigenvalue weighted by Crippen LogP contribution is 2.24. The monoisotopic (exact) mass is 501 g/mol. The van der Waals surface area contributed by atoms with Crippen molar-refractivity contribution < 1.29 is 9.59 Å². The Labute approximate surface area is 213 Å². The second kappa shape index (κ2) is 12.2. The Morgan fingerprint density at radius 3 is 2.66 bits per heavy atom. The molecule has 2 fully saturated rings. The lowest BCUT2D eigenvalue weighted by Gasteiger charge is -2.42. The molecular formula is C27H40ClN5O2. The first kappa shape index (κ1) is 26.0. The summed E-state index contributed by atoms with van der Waals surface area (Å²) in [5.74, 6) is -0.0261. The summed E-state index contributed by atoms with van der Waals surface area (Å²) >= 11 is 6.22. The predicted molar refractivity (Wildman–Crippen MR) is 141 cm³/mol. The summed E-state index contributed by atoms with van der Waals surface area (Å²) in [5, 5.41) is 8.09. The van der Waals surface area contributed by atoms with E-state index in [0.29, 0.717) is 24.5 Å². The summed E-state index contributed by atoms with van der Waals surface area (Å²) in [6.07, 6.45) is 9.39. The number of aromatic amines is 1. The molecule has 2 aromatic rings. The second-order valence-electron chi connectivity index (χ2n) is 10.3. The number of unbranched alkanes of at least 4 members (excludes halogenated alkanes) is 1. The summed E-state index contributed by atoms with van der Waals surface area (Å²) in [5.41, 5.74) is 1.96. The number of carbonyl (C=O) groups excluding carboxylic acids is 2. The molecule has 1 aromatic heterocycles. The van der Waals surface area contributed by atoms with Gasteiger partial charge in [0.05, 0.1) is 11.1 Å². The molecule has 2 saturated heterocycles. The molecule has 192 valence electrons. The number of nitrogens with one attached hydrogen (secondary N) is 3. The molecule has 2 aliphatic heterocycles. The van der Waals surface area contributed by atoms with Crippen molar-refractivity contribution in [1.82, 2.24) is 25.4 Å². The Hall–Kier alpha value is -2.09. The van der Waals surface area contributed by atoms with Crippen molar-refractivity contribution in [3.05, 3.63) is 35.0 Å². The maximum Gasteiger partial charge on any atom is 0.243 e. The van der Waals surface area contributed by atoms with Gasteiger partial charge in [-0.1, -0.05) is 44.4 Å². The van der Waals surface area contributed by atoms with Gasteiger partial charge in [-0.25, -0.2) is 0 Å². The third-order valence-corrected chi connectivity index (χ3v) is 7.58. The van der Waals surface area contributed by atoms with Gasteiger partial charge in [0.1, 0.15) is 6.04 Å². The van der Waals surface area contributed by atoms with Crippen molar-refractivity contribution in [3.8, 4) is 0 Å². The maximum absolute atomic E-state index is 13.4. The number of amides is 2. The van der Waals surface area contributed by atoms with E-state index >= 15 is 0 Å². The average molecular weight is 502 g/mol. The van der Waals surface area contributed by atoms with E-state index in [2.05, 4.69) is 34.4 Å². The molecule has 0 bridgehead atoms. The van der Waals surface area contributed by atoms with E-state index in [9.17, 15) is 9.59 Å². The van der Waals surface area contributed by atoms with Gasteiger partial charge >= 0.3 is 0 Å². The topological polar surface area (TPSA) is 80.5 Å². The Kier molecular flexibility index (Phi) is 9.09. The van der Waals surface area contributed by atoms with Crippen LogP contribution >= 0.6 is 11.6 Å². The number of carbonyl (C=O) groups is 2. The Balaban J connectivity index is 1.27. The third-order valence-electron chi connectivity index (χ3n) is 7.27. The Morgan fingerprint density at radius 1 is 1.14 bits per heavy atom. The van der Waals surface area contributed by atoms with Crippen molar-refractivity contribution in [2.24, 2.45) is 0 Å². The van der Waals surface area contributed by atoms with Crippen molar-refractivity contribution in [3.63, 3.8) is 0 Å². The van der Waals surface area contributed by atoms with Gasteiger partial charge in [-0.05, 0) is 69.4 Å². The molecule has 8 heteroatoms. The molecule has 1 aromatic carbocycles. The lowest BCUT2D eigenvalue weighted by Crippen LogP contribution is -2.62. The molecule has 0 unspecified atom stereocenters. The zero-order valence-electron chi connectivity index (χ0n) is 21.1.